The molecule has 0 N–H and O–H groups in total. The van der Waals surface area contributed by atoms with Gasteiger partial charge in [-0.15, -0.1) is 0 Å². The van der Waals surface area contributed by atoms with Gasteiger partial charge in [0.1, 0.15) is 0 Å². The zero-order chi connectivity index (χ0) is 17.1. The molecule has 0 bridgehead atoms. The van der Waals surface area contributed by atoms with Crippen molar-refractivity contribution in [3.8, 4) is 0 Å². The summed E-state index contributed by atoms with van der Waals surface area (Å²) in [6, 6.07) is 5.97. The molecule has 0 saturated carbocycles. The molecule has 1 atom stereocenters. The third kappa shape index (κ3) is 3.69. The van der Waals surface area contributed by atoms with Gasteiger partial charge in [-0.05, 0) is 45.2 Å². The monoisotopic (exact) mass is 326 g/mol. The smallest absolute Gasteiger partial charge is 0.253 e. The van der Waals surface area contributed by atoms with Crippen molar-refractivity contribution in [2.45, 2.75) is 33.1 Å². The summed E-state index contributed by atoms with van der Waals surface area (Å²) < 4.78 is 0. The summed E-state index contributed by atoms with van der Waals surface area (Å²) in [5.74, 6) is 0.476. The Hall–Kier alpha value is -2.10. The maximum atomic E-state index is 12.7. The molecule has 24 heavy (non-hydrogen) atoms. The molecule has 0 spiro atoms. The van der Waals surface area contributed by atoms with Crippen LogP contribution in [0.1, 0.15) is 40.7 Å². The molecule has 3 rings (SSSR count). The molecule has 0 unspecified atom stereocenters. The molecule has 1 fully saturated rings. The molecule has 4 nitrogen and oxygen atoms in total. The normalized spacial score (nSPS) is 21.0. The van der Waals surface area contributed by atoms with E-state index in [0.29, 0.717) is 26.2 Å². The lowest BCUT2D eigenvalue weighted by Crippen LogP contribution is -2.52. The number of hydrogen-bond donors (Lipinski definition) is 0. The lowest BCUT2D eigenvalue weighted by atomic mass is 9.93. The predicted molar refractivity (Wildman–Crippen MR) is 94.9 cm³/mol. The van der Waals surface area contributed by atoms with Crippen molar-refractivity contribution >= 4 is 11.8 Å². The molecule has 1 aromatic rings. The Morgan fingerprint density at radius 1 is 0.917 bits per heavy atom. The molecule has 2 aliphatic rings. The van der Waals surface area contributed by atoms with E-state index in [1.165, 1.54) is 0 Å². The molecular weight excluding hydrogens is 300 g/mol. The van der Waals surface area contributed by atoms with Crippen LogP contribution in [0.3, 0.4) is 0 Å². The van der Waals surface area contributed by atoms with Gasteiger partial charge < -0.3 is 9.80 Å². The second-order valence-corrected chi connectivity index (χ2v) is 6.98. The Balaban J connectivity index is 1.59. The molecule has 2 amide bonds. The van der Waals surface area contributed by atoms with Crippen LogP contribution < -0.4 is 0 Å². The summed E-state index contributed by atoms with van der Waals surface area (Å²) >= 11 is 0. The lowest BCUT2D eigenvalue weighted by molar-refractivity contribution is -0.137. The van der Waals surface area contributed by atoms with Crippen LogP contribution in [0.15, 0.2) is 30.4 Å². The van der Waals surface area contributed by atoms with Crippen LogP contribution in [0.25, 0.3) is 0 Å². The van der Waals surface area contributed by atoms with Crippen molar-refractivity contribution in [2.24, 2.45) is 5.92 Å². The molecule has 0 radical (unpaired) electrons. The average molecular weight is 326 g/mol. The number of hydrogen-bond acceptors (Lipinski definition) is 2. The Labute approximate surface area is 144 Å². The van der Waals surface area contributed by atoms with E-state index in [4.69, 9.17) is 0 Å². The van der Waals surface area contributed by atoms with Crippen molar-refractivity contribution in [1.29, 1.82) is 0 Å². The van der Waals surface area contributed by atoms with Crippen molar-refractivity contribution in [2.75, 3.05) is 26.2 Å². The number of aryl methyl sites for hydroxylation is 2. The molecule has 0 aromatic heterocycles. The maximum absolute atomic E-state index is 12.7. The average Bonchev–Trinajstić information content (AvgIpc) is 2.60. The van der Waals surface area contributed by atoms with E-state index in [9.17, 15) is 9.59 Å². The van der Waals surface area contributed by atoms with Gasteiger partial charge in [0.25, 0.3) is 5.91 Å². The van der Waals surface area contributed by atoms with Gasteiger partial charge in [0.05, 0.1) is 0 Å². The molecule has 1 heterocycles. The molecule has 1 aliphatic heterocycles. The van der Waals surface area contributed by atoms with E-state index in [-0.39, 0.29) is 17.7 Å². The number of benzene rings is 1. The van der Waals surface area contributed by atoms with Crippen molar-refractivity contribution < 1.29 is 9.59 Å². The number of carbonyl (C=O) groups excluding carboxylic acids is 2. The number of rotatable bonds is 2. The summed E-state index contributed by atoms with van der Waals surface area (Å²) in [6.45, 7) is 6.57. The van der Waals surface area contributed by atoms with Gasteiger partial charge in [-0.25, -0.2) is 0 Å². The second kappa shape index (κ2) is 7.20. The fraction of sp³-hybridized carbons (Fsp3) is 0.500. The van der Waals surface area contributed by atoms with E-state index in [2.05, 4.69) is 18.2 Å². The topological polar surface area (TPSA) is 40.6 Å². The quantitative estimate of drug-likeness (QED) is 0.784. The fourth-order valence-electron chi connectivity index (χ4n) is 3.69. The number of carbonyl (C=O) groups is 2. The standard InChI is InChI=1S/C20H26N2O2/c1-15-12-16(2)14-18(13-15)20(24)22-10-8-21(9-11-22)19(23)17-6-4-3-5-7-17/h3-4,12-14,17H,5-11H2,1-2H3/t17-/m0/s1. The first kappa shape index (κ1) is 16.7. The highest BCUT2D eigenvalue weighted by Gasteiger charge is 2.29. The van der Waals surface area contributed by atoms with E-state index in [1.54, 1.807) is 0 Å². The van der Waals surface area contributed by atoms with Crippen LogP contribution >= 0.6 is 0 Å². The minimum Gasteiger partial charge on any atom is -0.339 e. The predicted octanol–water partition coefficient (Wildman–Crippen LogP) is 2.94. The summed E-state index contributed by atoms with van der Waals surface area (Å²) in [5.41, 5.74) is 2.97. The molecule has 128 valence electrons. The Morgan fingerprint density at radius 2 is 1.54 bits per heavy atom. The lowest BCUT2D eigenvalue weighted by Gasteiger charge is -2.36. The Bertz CT molecular complexity index is 637. The number of nitrogens with zero attached hydrogens (tertiary/aromatic N) is 2. The first-order valence-electron chi connectivity index (χ1n) is 8.86. The minimum atomic E-state index is 0.0782. The molecular formula is C20H26N2O2. The first-order chi connectivity index (χ1) is 11.5. The van der Waals surface area contributed by atoms with Crippen LogP contribution in [0.2, 0.25) is 0 Å². The summed E-state index contributed by atoms with van der Waals surface area (Å²) in [7, 11) is 0. The molecule has 1 saturated heterocycles. The van der Waals surface area contributed by atoms with Gasteiger partial charge in [0.15, 0.2) is 0 Å². The number of amides is 2. The maximum Gasteiger partial charge on any atom is 0.253 e. The van der Waals surface area contributed by atoms with Gasteiger partial charge in [0, 0.05) is 37.7 Å². The minimum absolute atomic E-state index is 0.0782. The Kier molecular flexibility index (Phi) is 5.03. The SMILES string of the molecule is Cc1cc(C)cc(C(=O)N2CCN(C(=O)[C@H]3CC=CCC3)CC2)c1. The molecule has 1 aliphatic carbocycles. The number of piperazine rings is 1. The van der Waals surface area contributed by atoms with Crippen LogP contribution in [0, 0.1) is 19.8 Å². The second-order valence-electron chi connectivity index (χ2n) is 6.98. The van der Waals surface area contributed by atoms with Gasteiger partial charge in [-0.2, -0.15) is 0 Å². The highest BCUT2D eigenvalue weighted by atomic mass is 16.2. The van der Waals surface area contributed by atoms with Gasteiger partial charge in [0.2, 0.25) is 5.91 Å². The zero-order valence-corrected chi connectivity index (χ0v) is 14.6. The largest absolute Gasteiger partial charge is 0.339 e. The summed E-state index contributed by atoms with van der Waals surface area (Å²) in [5, 5.41) is 0. The van der Waals surface area contributed by atoms with Crippen LogP contribution in [-0.2, 0) is 4.79 Å². The van der Waals surface area contributed by atoms with Crippen molar-refractivity contribution in [3.05, 3.63) is 47.0 Å². The van der Waals surface area contributed by atoms with Crippen LogP contribution in [0.4, 0.5) is 0 Å². The van der Waals surface area contributed by atoms with Gasteiger partial charge in [-0.3, -0.25) is 9.59 Å². The first-order valence-corrected chi connectivity index (χ1v) is 8.86. The molecule has 4 heteroatoms. The number of allylic oxidation sites excluding steroid dienone is 2. The summed E-state index contributed by atoms with van der Waals surface area (Å²) in [6.07, 6.45) is 7.09. The van der Waals surface area contributed by atoms with E-state index in [0.717, 1.165) is 36.0 Å². The summed E-state index contributed by atoms with van der Waals surface area (Å²) in [4.78, 5) is 29.1. The van der Waals surface area contributed by atoms with E-state index < -0.39 is 0 Å². The van der Waals surface area contributed by atoms with E-state index >= 15 is 0 Å². The van der Waals surface area contributed by atoms with E-state index in [1.807, 2.05) is 35.8 Å². The fourth-order valence-corrected chi connectivity index (χ4v) is 3.69. The highest BCUT2D eigenvalue weighted by molar-refractivity contribution is 5.94. The van der Waals surface area contributed by atoms with Crippen molar-refractivity contribution in [3.63, 3.8) is 0 Å². The highest BCUT2D eigenvalue weighted by Crippen LogP contribution is 2.21. The van der Waals surface area contributed by atoms with Crippen LogP contribution in [0.5, 0.6) is 0 Å². The zero-order valence-electron chi connectivity index (χ0n) is 14.6. The van der Waals surface area contributed by atoms with Gasteiger partial charge in [-0.1, -0.05) is 29.3 Å². The third-order valence-corrected chi connectivity index (χ3v) is 4.97. The molecule has 1 aromatic carbocycles. The third-order valence-electron chi connectivity index (χ3n) is 4.97. The Morgan fingerprint density at radius 3 is 2.12 bits per heavy atom. The van der Waals surface area contributed by atoms with Crippen molar-refractivity contribution in [1.82, 2.24) is 9.80 Å². The van der Waals surface area contributed by atoms with Gasteiger partial charge >= 0.3 is 0 Å². The van der Waals surface area contributed by atoms with Crippen LogP contribution in [-0.4, -0.2) is 47.8 Å².